The third kappa shape index (κ3) is 5.92. The number of carbonyl (C=O) groups excluding carboxylic acids is 1. The van der Waals surface area contributed by atoms with Crippen molar-refractivity contribution in [1.29, 1.82) is 0 Å². The number of ether oxygens (including phenoxy) is 2. The summed E-state index contributed by atoms with van der Waals surface area (Å²) in [6, 6.07) is 5.02. The number of hydrogen-bond donors (Lipinski definition) is 1. The molecular formula is C13H16F3NO3. The van der Waals surface area contributed by atoms with Gasteiger partial charge in [0.25, 0.3) is 0 Å². The molecule has 0 amide bonds. The van der Waals surface area contributed by atoms with Crippen LogP contribution in [0.25, 0.3) is 0 Å². The van der Waals surface area contributed by atoms with Crippen molar-refractivity contribution in [3.63, 3.8) is 0 Å². The predicted octanol–water partition coefficient (Wildman–Crippen LogP) is 2.63. The first-order chi connectivity index (χ1) is 9.31. The lowest BCUT2D eigenvalue weighted by Crippen LogP contribution is -2.34. The monoisotopic (exact) mass is 291 g/mol. The minimum absolute atomic E-state index is 0.231. The van der Waals surface area contributed by atoms with Crippen molar-refractivity contribution >= 4 is 5.97 Å². The third-order valence-corrected chi connectivity index (χ3v) is 2.38. The molecular weight excluding hydrogens is 275 g/mol. The number of benzene rings is 1. The Labute approximate surface area is 114 Å². The van der Waals surface area contributed by atoms with Crippen molar-refractivity contribution < 1.29 is 27.4 Å². The van der Waals surface area contributed by atoms with E-state index in [0.717, 1.165) is 0 Å². The number of alkyl halides is 3. The molecule has 1 rings (SSSR count). The lowest BCUT2D eigenvalue weighted by atomic mass is 10.2. The summed E-state index contributed by atoms with van der Waals surface area (Å²) >= 11 is 0. The fourth-order valence-electron chi connectivity index (χ4n) is 1.47. The number of esters is 1. The van der Waals surface area contributed by atoms with Crippen LogP contribution in [-0.2, 0) is 16.1 Å². The molecule has 0 bridgehead atoms. The highest BCUT2D eigenvalue weighted by molar-refractivity contribution is 5.75. The zero-order chi connectivity index (χ0) is 15.2. The Hall–Kier alpha value is -1.76. The zero-order valence-electron chi connectivity index (χ0n) is 11.2. The molecule has 0 radical (unpaired) electrons. The highest BCUT2D eigenvalue weighted by Crippen LogP contribution is 2.23. The summed E-state index contributed by atoms with van der Waals surface area (Å²) in [6.45, 7) is 3.82. The van der Waals surface area contributed by atoms with Crippen LogP contribution < -0.4 is 10.1 Å². The van der Waals surface area contributed by atoms with Gasteiger partial charge in [-0.25, -0.2) is 0 Å². The average molecular weight is 291 g/mol. The summed E-state index contributed by atoms with van der Waals surface area (Å²) < 4.78 is 44.9. The van der Waals surface area contributed by atoms with Gasteiger partial charge in [0.1, 0.15) is 11.8 Å². The molecule has 1 N–H and O–H groups in total. The van der Waals surface area contributed by atoms with Gasteiger partial charge in [-0.05, 0) is 31.5 Å². The average Bonchev–Trinajstić information content (AvgIpc) is 2.34. The van der Waals surface area contributed by atoms with Crippen molar-refractivity contribution in [3.8, 4) is 5.75 Å². The van der Waals surface area contributed by atoms with Gasteiger partial charge >= 0.3 is 12.3 Å². The van der Waals surface area contributed by atoms with Crippen LogP contribution in [0.3, 0.4) is 0 Å². The quantitative estimate of drug-likeness (QED) is 0.819. The summed E-state index contributed by atoms with van der Waals surface area (Å²) in [5, 5.41) is 2.86. The summed E-state index contributed by atoms with van der Waals surface area (Å²) in [4.78, 5) is 11.4. The minimum Gasteiger partial charge on any atom is -0.465 e. The van der Waals surface area contributed by atoms with Crippen LogP contribution in [0.4, 0.5) is 13.2 Å². The van der Waals surface area contributed by atoms with Crippen LogP contribution >= 0.6 is 0 Å². The molecule has 0 aromatic heterocycles. The first kappa shape index (κ1) is 16.3. The zero-order valence-corrected chi connectivity index (χ0v) is 11.2. The van der Waals surface area contributed by atoms with Crippen molar-refractivity contribution in [2.75, 3.05) is 6.61 Å². The topological polar surface area (TPSA) is 47.6 Å². The standard InChI is InChI=1S/C13H16F3NO3/c1-3-19-12(18)9(2)17-8-10-5-4-6-11(7-10)20-13(14,15)16/h4-7,9,17H,3,8H2,1-2H3. The normalized spacial score (nSPS) is 12.8. The molecule has 0 aliphatic heterocycles. The highest BCUT2D eigenvalue weighted by atomic mass is 19.4. The van der Waals surface area contributed by atoms with Gasteiger partial charge in [-0.2, -0.15) is 0 Å². The highest BCUT2D eigenvalue weighted by Gasteiger charge is 2.31. The molecule has 1 atom stereocenters. The first-order valence-corrected chi connectivity index (χ1v) is 6.06. The Morgan fingerprint density at radius 1 is 1.40 bits per heavy atom. The smallest absolute Gasteiger partial charge is 0.465 e. The number of rotatable bonds is 6. The molecule has 0 aliphatic rings. The second kappa shape index (κ2) is 7.14. The number of nitrogens with one attached hydrogen (secondary N) is 1. The molecule has 20 heavy (non-hydrogen) atoms. The van der Waals surface area contributed by atoms with Crippen molar-refractivity contribution in [1.82, 2.24) is 5.32 Å². The summed E-state index contributed by atoms with van der Waals surface area (Å²) in [5.74, 6) is -0.698. The van der Waals surface area contributed by atoms with E-state index in [1.807, 2.05) is 0 Å². The molecule has 1 aromatic rings. The van der Waals surface area contributed by atoms with Crippen molar-refractivity contribution in [2.45, 2.75) is 32.8 Å². The maximum Gasteiger partial charge on any atom is 0.573 e. The Kier molecular flexibility index (Phi) is 5.82. The van der Waals surface area contributed by atoms with Gasteiger partial charge in [0.15, 0.2) is 0 Å². The lowest BCUT2D eigenvalue weighted by molar-refractivity contribution is -0.274. The van der Waals surface area contributed by atoms with E-state index < -0.39 is 18.4 Å². The van der Waals surface area contributed by atoms with E-state index in [4.69, 9.17) is 4.74 Å². The van der Waals surface area contributed by atoms with Crippen LogP contribution in [-0.4, -0.2) is 25.0 Å². The molecule has 0 spiro atoms. The van der Waals surface area contributed by atoms with Gasteiger partial charge in [-0.3, -0.25) is 4.79 Å². The van der Waals surface area contributed by atoms with E-state index in [0.29, 0.717) is 5.56 Å². The van der Waals surface area contributed by atoms with E-state index in [-0.39, 0.29) is 18.9 Å². The Morgan fingerprint density at radius 2 is 2.10 bits per heavy atom. The molecule has 4 nitrogen and oxygen atoms in total. The summed E-state index contributed by atoms with van der Waals surface area (Å²) in [6.07, 6.45) is -4.72. The summed E-state index contributed by atoms with van der Waals surface area (Å²) in [7, 11) is 0. The van der Waals surface area contributed by atoms with Gasteiger partial charge in [0.2, 0.25) is 0 Å². The molecule has 7 heteroatoms. The van der Waals surface area contributed by atoms with Gasteiger partial charge in [-0.15, -0.1) is 13.2 Å². The third-order valence-electron chi connectivity index (χ3n) is 2.38. The van der Waals surface area contributed by atoms with Crippen LogP contribution in [0.2, 0.25) is 0 Å². The Bertz CT molecular complexity index is 449. The Morgan fingerprint density at radius 3 is 2.70 bits per heavy atom. The number of hydrogen-bond acceptors (Lipinski definition) is 4. The second-order valence-corrected chi connectivity index (χ2v) is 4.05. The largest absolute Gasteiger partial charge is 0.573 e. The SMILES string of the molecule is CCOC(=O)C(C)NCc1cccc(OC(F)(F)F)c1. The van der Waals surface area contributed by atoms with Gasteiger partial charge < -0.3 is 14.8 Å². The maximum absolute atomic E-state index is 12.1. The van der Waals surface area contributed by atoms with E-state index in [9.17, 15) is 18.0 Å². The molecule has 0 aliphatic carbocycles. The molecule has 1 aromatic carbocycles. The van der Waals surface area contributed by atoms with Gasteiger partial charge in [-0.1, -0.05) is 12.1 Å². The van der Waals surface area contributed by atoms with Crippen LogP contribution in [0.15, 0.2) is 24.3 Å². The molecule has 0 saturated carbocycles. The fourth-order valence-corrected chi connectivity index (χ4v) is 1.47. The van der Waals surface area contributed by atoms with E-state index >= 15 is 0 Å². The maximum atomic E-state index is 12.1. The van der Waals surface area contributed by atoms with Gasteiger partial charge in [0.05, 0.1) is 6.61 Å². The predicted molar refractivity (Wildman–Crippen MR) is 66.1 cm³/mol. The Balaban J connectivity index is 2.56. The van der Waals surface area contributed by atoms with E-state index in [1.165, 1.54) is 18.2 Å². The number of carbonyl (C=O) groups is 1. The van der Waals surface area contributed by atoms with Crippen molar-refractivity contribution in [2.24, 2.45) is 0 Å². The summed E-state index contributed by atoms with van der Waals surface area (Å²) in [5.41, 5.74) is 0.572. The minimum atomic E-state index is -4.72. The van der Waals surface area contributed by atoms with Gasteiger partial charge in [0, 0.05) is 6.54 Å². The lowest BCUT2D eigenvalue weighted by Gasteiger charge is -2.13. The molecule has 0 fully saturated rings. The number of halogens is 3. The molecule has 0 saturated heterocycles. The van der Waals surface area contributed by atoms with Crippen LogP contribution in [0.5, 0.6) is 5.75 Å². The fraction of sp³-hybridized carbons (Fsp3) is 0.462. The molecule has 1 unspecified atom stereocenters. The van der Waals surface area contributed by atoms with Crippen molar-refractivity contribution in [3.05, 3.63) is 29.8 Å². The van der Waals surface area contributed by atoms with E-state index in [1.54, 1.807) is 19.9 Å². The second-order valence-electron chi connectivity index (χ2n) is 4.05. The van der Waals surface area contributed by atoms with Crippen LogP contribution in [0.1, 0.15) is 19.4 Å². The molecule has 0 heterocycles. The first-order valence-electron chi connectivity index (χ1n) is 6.06. The molecule has 112 valence electrons. The van der Waals surface area contributed by atoms with Crippen LogP contribution in [0, 0.1) is 0 Å². The van der Waals surface area contributed by atoms with E-state index in [2.05, 4.69) is 10.1 Å².